The van der Waals surface area contributed by atoms with Crippen molar-refractivity contribution < 1.29 is 27.8 Å². The topological polar surface area (TPSA) is 61.8 Å². The van der Waals surface area contributed by atoms with Gasteiger partial charge < -0.3 is 20.1 Å². The molecule has 1 amide bonds. The molecule has 2 aliphatic heterocycles. The molecule has 0 saturated carbocycles. The van der Waals surface area contributed by atoms with Crippen molar-refractivity contribution in [1.29, 1.82) is 0 Å². The molecule has 0 aromatic heterocycles. The number of ether oxygens (including phenoxy) is 1. The first kappa shape index (κ1) is 12.9. The number of nitrogens with zero attached hydrogens (tertiary/aromatic N) is 1. The van der Waals surface area contributed by atoms with Crippen molar-refractivity contribution in [3.8, 4) is 0 Å². The van der Waals surface area contributed by atoms with Crippen molar-refractivity contribution in [3.05, 3.63) is 24.7 Å². The summed E-state index contributed by atoms with van der Waals surface area (Å²) < 4.78 is 45.2. The first-order valence-corrected chi connectivity index (χ1v) is 5.11. The number of alkyl halides is 3. The summed E-state index contributed by atoms with van der Waals surface area (Å²) in [7, 11) is 0. The van der Waals surface area contributed by atoms with E-state index in [1.807, 2.05) is 0 Å². The highest BCUT2D eigenvalue weighted by Crippen LogP contribution is 2.39. The molecule has 2 aliphatic rings. The number of rotatable bonds is 2. The molecule has 2 heterocycles. The number of aliphatic hydroxyl groups is 1. The lowest BCUT2D eigenvalue weighted by molar-refractivity contribution is -0.199. The summed E-state index contributed by atoms with van der Waals surface area (Å²) in [5.74, 6) is -3.65. The molecule has 0 spiro atoms. The van der Waals surface area contributed by atoms with Gasteiger partial charge in [0.1, 0.15) is 12.4 Å². The van der Waals surface area contributed by atoms with E-state index in [1.54, 1.807) is 0 Å². The highest BCUT2D eigenvalue weighted by Gasteiger charge is 2.59. The Morgan fingerprint density at radius 3 is 2.78 bits per heavy atom. The van der Waals surface area contributed by atoms with Gasteiger partial charge in [0.15, 0.2) is 18.6 Å². The number of hydrogen-bond donors (Lipinski definition) is 2. The summed E-state index contributed by atoms with van der Waals surface area (Å²) in [4.78, 5) is 11.9. The molecule has 8 heteroatoms. The summed E-state index contributed by atoms with van der Waals surface area (Å²) in [5.41, 5.74) is 0. The molecular weight excluding hydrogens is 253 g/mol. The summed E-state index contributed by atoms with van der Waals surface area (Å²) in [6, 6.07) is 0. The molecule has 0 aromatic rings. The maximum atomic E-state index is 13.6. The van der Waals surface area contributed by atoms with E-state index in [9.17, 15) is 18.0 Å². The molecule has 18 heavy (non-hydrogen) atoms. The molecule has 1 fully saturated rings. The van der Waals surface area contributed by atoms with Crippen molar-refractivity contribution in [2.24, 2.45) is 0 Å². The van der Waals surface area contributed by atoms with E-state index in [2.05, 4.69) is 16.6 Å². The third kappa shape index (κ3) is 1.87. The standard InChI is InChI=1S/C10H11F3N2O3/c1-5-14-6(17)2-3-15(5)9-7(11)8(12)10(13,4-16)18-9/h2-3,7-9,16H,1,4H2,(H,14,17)/t7-,8+,9-,10-/m1/s1. The maximum absolute atomic E-state index is 13.6. The van der Waals surface area contributed by atoms with Gasteiger partial charge in [0.25, 0.3) is 11.8 Å². The second kappa shape index (κ2) is 4.29. The molecule has 100 valence electrons. The number of carbonyl (C=O) groups is 1. The number of aliphatic hydroxyl groups excluding tert-OH is 1. The summed E-state index contributed by atoms with van der Waals surface area (Å²) in [6.07, 6.45) is -4.44. The highest BCUT2D eigenvalue weighted by molar-refractivity contribution is 5.89. The monoisotopic (exact) mass is 264 g/mol. The van der Waals surface area contributed by atoms with E-state index in [1.165, 1.54) is 0 Å². The van der Waals surface area contributed by atoms with Crippen LogP contribution in [0.5, 0.6) is 0 Å². The third-order valence-corrected chi connectivity index (χ3v) is 2.74. The van der Waals surface area contributed by atoms with Gasteiger partial charge in [-0.3, -0.25) is 4.79 Å². The maximum Gasteiger partial charge on any atom is 0.268 e. The lowest BCUT2D eigenvalue weighted by Gasteiger charge is -2.31. The van der Waals surface area contributed by atoms with Crippen LogP contribution < -0.4 is 5.32 Å². The van der Waals surface area contributed by atoms with E-state index < -0.39 is 36.9 Å². The number of halogens is 3. The highest BCUT2D eigenvalue weighted by atomic mass is 19.2. The van der Waals surface area contributed by atoms with Gasteiger partial charge in [-0.05, 0) is 0 Å². The zero-order valence-corrected chi connectivity index (χ0v) is 9.15. The Labute approximate surface area is 101 Å². The second-order valence-corrected chi connectivity index (χ2v) is 3.96. The molecule has 2 rings (SSSR count). The average Bonchev–Trinajstić information content (AvgIpc) is 2.55. The fraction of sp³-hybridized carbons (Fsp3) is 0.500. The Morgan fingerprint density at radius 1 is 1.61 bits per heavy atom. The van der Waals surface area contributed by atoms with Gasteiger partial charge in [-0.2, -0.15) is 0 Å². The van der Waals surface area contributed by atoms with Gasteiger partial charge in [0, 0.05) is 12.3 Å². The SMILES string of the molecule is C=C1NC(=O)C=CN1[C@@H]1O[C@](F)(CO)[C@@H](F)[C@H]1F. The molecule has 2 N–H and O–H groups in total. The lowest BCUT2D eigenvalue weighted by atomic mass is 10.1. The number of nitrogens with one attached hydrogen (secondary N) is 1. The molecule has 0 aromatic carbocycles. The van der Waals surface area contributed by atoms with Crippen LogP contribution in [0.15, 0.2) is 24.7 Å². The normalized spacial score (nSPS) is 40.2. The van der Waals surface area contributed by atoms with E-state index in [0.29, 0.717) is 0 Å². The van der Waals surface area contributed by atoms with Gasteiger partial charge in [-0.15, -0.1) is 0 Å². The molecule has 0 aliphatic carbocycles. The Kier molecular flexibility index (Phi) is 3.07. The van der Waals surface area contributed by atoms with Gasteiger partial charge in [0.2, 0.25) is 0 Å². The zero-order valence-electron chi connectivity index (χ0n) is 9.15. The number of hydrogen-bond acceptors (Lipinski definition) is 4. The van der Waals surface area contributed by atoms with Crippen LogP contribution in [0.4, 0.5) is 13.2 Å². The molecule has 0 radical (unpaired) electrons. The molecule has 0 unspecified atom stereocenters. The first-order valence-electron chi connectivity index (χ1n) is 5.11. The second-order valence-electron chi connectivity index (χ2n) is 3.96. The van der Waals surface area contributed by atoms with Crippen LogP contribution in [0.1, 0.15) is 0 Å². The van der Waals surface area contributed by atoms with Crippen molar-refractivity contribution in [2.45, 2.75) is 24.4 Å². The van der Waals surface area contributed by atoms with Crippen LogP contribution in [-0.2, 0) is 9.53 Å². The Bertz CT molecular complexity index is 417. The van der Waals surface area contributed by atoms with Crippen LogP contribution in [0.25, 0.3) is 0 Å². The van der Waals surface area contributed by atoms with Crippen molar-refractivity contribution in [2.75, 3.05) is 6.61 Å². The minimum atomic E-state index is -3.10. The fourth-order valence-corrected chi connectivity index (χ4v) is 1.77. The minimum Gasteiger partial charge on any atom is -0.390 e. The Hall–Kier alpha value is -1.54. The van der Waals surface area contributed by atoms with Crippen LogP contribution in [0.2, 0.25) is 0 Å². The largest absolute Gasteiger partial charge is 0.390 e. The predicted molar refractivity (Wildman–Crippen MR) is 53.9 cm³/mol. The molecule has 1 saturated heterocycles. The smallest absolute Gasteiger partial charge is 0.268 e. The molecule has 5 nitrogen and oxygen atoms in total. The van der Waals surface area contributed by atoms with Crippen LogP contribution in [0.3, 0.4) is 0 Å². The quantitative estimate of drug-likeness (QED) is 0.742. The van der Waals surface area contributed by atoms with E-state index in [4.69, 9.17) is 5.11 Å². The Balaban J connectivity index is 2.23. The van der Waals surface area contributed by atoms with E-state index >= 15 is 0 Å². The first-order chi connectivity index (χ1) is 8.39. The van der Waals surface area contributed by atoms with Gasteiger partial charge >= 0.3 is 0 Å². The van der Waals surface area contributed by atoms with Gasteiger partial charge in [-0.25, -0.2) is 13.2 Å². The summed E-state index contributed by atoms with van der Waals surface area (Å²) in [6.45, 7) is 2.11. The van der Waals surface area contributed by atoms with E-state index in [0.717, 1.165) is 17.2 Å². The summed E-state index contributed by atoms with van der Waals surface area (Å²) >= 11 is 0. The predicted octanol–water partition coefficient (Wildman–Crippen LogP) is 0.0937. The van der Waals surface area contributed by atoms with Gasteiger partial charge in [-0.1, -0.05) is 6.58 Å². The molecular formula is C10H11F3N2O3. The number of carbonyl (C=O) groups excluding carboxylic acids is 1. The van der Waals surface area contributed by atoms with Crippen molar-refractivity contribution >= 4 is 5.91 Å². The third-order valence-electron chi connectivity index (χ3n) is 2.74. The minimum absolute atomic E-state index is 0.0652. The van der Waals surface area contributed by atoms with Crippen LogP contribution >= 0.6 is 0 Å². The zero-order chi connectivity index (χ0) is 13.5. The van der Waals surface area contributed by atoms with Crippen molar-refractivity contribution in [1.82, 2.24) is 10.2 Å². The Morgan fingerprint density at radius 2 is 2.28 bits per heavy atom. The van der Waals surface area contributed by atoms with E-state index in [-0.39, 0.29) is 5.82 Å². The van der Waals surface area contributed by atoms with Crippen molar-refractivity contribution in [3.63, 3.8) is 0 Å². The fourth-order valence-electron chi connectivity index (χ4n) is 1.77. The van der Waals surface area contributed by atoms with Gasteiger partial charge in [0.05, 0.1) is 0 Å². The molecule has 0 bridgehead atoms. The average molecular weight is 264 g/mol. The summed E-state index contributed by atoms with van der Waals surface area (Å²) in [5, 5.41) is 10.9. The van der Waals surface area contributed by atoms with Crippen LogP contribution in [-0.4, -0.2) is 46.9 Å². The lowest BCUT2D eigenvalue weighted by Crippen LogP contribution is -2.44. The molecule has 4 atom stereocenters. The number of amides is 1. The van der Waals surface area contributed by atoms with Crippen LogP contribution in [0, 0.1) is 0 Å².